The summed E-state index contributed by atoms with van der Waals surface area (Å²) in [6.07, 6.45) is 2.44. The summed E-state index contributed by atoms with van der Waals surface area (Å²) in [4.78, 5) is 34.2. The molecule has 1 saturated heterocycles. The third-order valence-electron chi connectivity index (χ3n) is 4.93. The van der Waals surface area contributed by atoms with E-state index in [1.54, 1.807) is 14.0 Å². The van der Waals surface area contributed by atoms with Crippen molar-refractivity contribution in [3.63, 3.8) is 0 Å². The highest BCUT2D eigenvalue weighted by atomic mass is 35.5. The van der Waals surface area contributed by atoms with Crippen LogP contribution < -0.4 is 4.90 Å². The molecule has 152 valence electrons. The first-order valence-corrected chi connectivity index (χ1v) is 10.3. The summed E-state index contributed by atoms with van der Waals surface area (Å²) in [6, 6.07) is 0. The molecule has 0 saturated carbocycles. The Morgan fingerprint density at radius 1 is 1.36 bits per heavy atom. The lowest BCUT2D eigenvalue weighted by Crippen LogP contribution is -2.45. The Kier molecular flexibility index (Phi) is 6.65. The second kappa shape index (κ2) is 8.82. The lowest BCUT2D eigenvalue weighted by atomic mass is 9.88. The van der Waals surface area contributed by atoms with E-state index < -0.39 is 5.97 Å². The van der Waals surface area contributed by atoms with Crippen LogP contribution in [0.3, 0.4) is 0 Å². The van der Waals surface area contributed by atoms with Crippen molar-refractivity contribution in [2.24, 2.45) is 5.92 Å². The molecule has 1 fully saturated rings. The van der Waals surface area contributed by atoms with Gasteiger partial charge < -0.3 is 19.4 Å². The molecule has 2 atom stereocenters. The van der Waals surface area contributed by atoms with Crippen LogP contribution in [0.25, 0.3) is 0 Å². The fourth-order valence-corrected chi connectivity index (χ4v) is 4.65. The Morgan fingerprint density at radius 3 is 2.71 bits per heavy atom. The fraction of sp³-hybridized carbons (Fsp3) is 0.500. The topological polar surface area (TPSA) is 84.5 Å². The molecule has 28 heavy (non-hydrogen) atoms. The van der Waals surface area contributed by atoms with Gasteiger partial charge in [-0.1, -0.05) is 34.5 Å². The number of carbonyl (C=O) groups is 2. The molecule has 2 unspecified atom stereocenters. The zero-order chi connectivity index (χ0) is 20.4. The number of ether oxygens (including phenoxy) is 2. The molecule has 0 amide bonds. The molecule has 0 spiro atoms. The number of hydrogen-bond acceptors (Lipinski definition) is 7. The van der Waals surface area contributed by atoms with Crippen LogP contribution in [0.2, 0.25) is 10.0 Å². The largest absolute Gasteiger partial charge is 0.465 e. The fourth-order valence-electron chi connectivity index (χ4n) is 3.35. The maximum atomic E-state index is 12.7. The van der Waals surface area contributed by atoms with Gasteiger partial charge in [0, 0.05) is 32.3 Å². The van der Waals surface area contributed by atoms with Gasteiger partial charge >= 0.3 is 5.97 Å². The number of ketones is 1. The molecule has 0 aliphatic carbocycles. The Balaban J connectivity index is 1.67. The Labute approximate surface area is 176 Å². The first-order valence-electron chi connectivity index (χ1n) is 8.74. The van der Waals surface area contributed by atoms with Crippen molar-refractivity contribution in [1.29, 1.82) is 0 Å². The van der Waals surface area contributed by atoms with E-state index in [9.17, 15) is 9.59 Å². The third-order valence-corrected chi connectivity index (χ3v) is 6.91. The standard InChI is InChI=1S/C18H21Cl2N3O4S/c1-9-14(19)15(20)16(22-9)11(24)6-10-4-5-23(8-12(10)26-2)18-21-7-13(28-18)17(25)27-3/h7,10,12,22H,4-6,8H2,1-3H3. The lowest BCUT2D eigenvalue weighted by Gasteiger charge is -2.37. The predicted molar refractivity (Wildman–Crippen MR) is 109 cm³/mol. The highest BCUT2D eigenvalue weighted by molar-refractivity contribution is 7.17. The van der Waals surface area contributed by atoms with Gasteiger partial charge in [0.15, 0.2) is 10.9 Å². The van der Waals surface area contributed by atoms with Crippen LogP contribution in [0.15, 0.2) is 6.20 Å². The van der Waals surface area contributed by atoms with Crippen molar-refractivity contribution in [3.05, 3.63) is 32.5 Å². The lowest BCUT2D eigenvalue weighted by molar-refractivity contribution is 0.0375. The number of Topliss-reactive ketones (excluding diaryl/α,β-unsaturated/α-hetero) is 1. The third kappa shape index (κ3) is 4.20. The van der Waals surface area contributed by atoms with Crippen LogP contribution in [0.4, 0.5) is 5.13 Å². The highest BCUT2D eigenvalue weighted by Gasteiger charge is 2.33. The number of aryl methyl sites for hydroxylation is 1. The van der Waals surface area contributed by atoms with Gasteiger partial charge in [0.25, 0.3) is 0 Å². The summed E-state index contributed by atoms with van der Waals surface area (Å²) in [5.41, 5.74) is 1.03. The molecule has 7 nitrogen and oxygen atoms in total. The molecule has 0 aromatic carbocycles. The summed E-state index contributed by atoms with van der Waals surface area (Å²) in [6.45, 7) is 3.07. The number of esters is 1. The number of rotatable bonds is 6. The van der Waals surface area contributed by atoms with Gasteiger partial charge in [0.1, 0.15) is 10.6 Å². The quantitative estimate of drug-likeness (QED) is 0.534. The SMILES string of the molecule is COC(=O)c1cnc(N2CCC(CC(=O)c3[nH]c(C)c(Cl)c3Cl)C(OC)C2)s1. The van der Waals surface area contributed by atoms with E-state index in [2.05, 4.69) is 14.9 Å². The van der Waals surface area contributed by atoms with Crippen LogP contribution in [0.5, 0.6) is 0 Å². The summed E-state index contributed by atoms with van der Waals surface area (Å²) >= 11 is 13.5. The number of anilines is 1. The molecule has 10 heteroatoms. The minimum Gasteiger partial charge on any atom is -0.465 e. The van der Waals surface area contributed by atoms with Crippen LogP contribution in [-0.2, 0) is 9.47 Å². The van der Waals surface area contributed by atoms with E-state index in [0.29, 0.717) is 40.8 Å². The van der Waals surface area contributed by atoms with Crippen LogP contribution in [-0.4, -0.2) is 55.1 Å². The van der Waals surface area contributed by atoms with Gasteiger partial charge in [-0.2, -0.15) is 0 Å². The highest BCUT2D eigenvalue weighted by Crippen LogP contribution is 2.33. The molecule has 0 radical (unpaired) electrons. The first kappa shape index (κ1) is 21.1. The number of halogens is 2. The number of methoxy groups -OCH3 is 2. The average Bonchev–Trinajstić information content (AvgIpc) is 3.29. The maximum Gasteiger partial charge on any atom is 0.349 e. The summed E-state index contributed by atoms with van der Waals surface area (Å²) < 4.78 is 10.4. The van der Waals surface area contributed by atoms with Crippen molar-refractivity contribution < 1.29 is 19.1 Å². The molecule has 2 aromatic heterocycles. The van der Waals surface area contributed by atoms with Crippen LogP contribution in [0.1, 0.15) is 38.7 Å². The zero-order valence-corrected chi connectivity index (χ0v) is 18.1. The average molecular weight is 446 g/mol. The van der Waals surface area contributed by atoms with Gasteiger partial charge in [0.2, 0.25) is 0 Å². The van der Waals surface area contributed by atoms with E-state index in [1.165, 1.54) is 24.6 Å². The number of nitrogens with one attached hydrogen (secondary N) is 1. The molecule has 3 heterocycles. The molecule has 2 aromatic rings. The Morgan fingerprint density at radius 2 is 2.11 bits per heavy atom. The van der Waals surface area contributed by atoms with Gasteiger partial charge in [-0.05, 0) is 19.3 Å². The number of thiazole rings is 1. The molecule has 1 aliphatic heterocycles. The normalized spacial score (nSPS) is 19.7. The van der Waals surface area contributed by atoms with Crippen molar-refractivity contribution in [1.82, 2.24) is 9.97 Å². The first-order chi connectivity index (χ1) is 13.3. The Bertz CT molecular complexity index is 882. The maximum absolute atomic E-state index is 12.7. The van der Waals surface area contributed by atoms with Gasteiger partial charge in [-0.15, -0.1) is 0 Å². The number of carbonyl (C=O) groups excluding carboxylic acids is 2. The Hall–Kier alpha value is -1.61. The second-order valence-corrected chi connectivity index (χ2v) is 8.41. The smallest absolute Gasteiger partial charge is 0.349 e. The number of nitrogens with zero attached hydrogens (tertiary/aromatic N) is 2. The predicted octanol–water partition coefficient (Wildman–Crippen LogP) is 3.99. The van der Waals surface area contributed by atoms with Gasteiger partial charge in [-0.25, -0.2) is 9.78 Å². The zero-order valence-electron chi connectivity index (χ0n) is 15.8. The molecule has 1 N–H and O–H groups in total. The number of hydrogen-bond donors (Lipinski definition) is 1. The van der Waals surface area contributed by atoms with E-state index in [1.807, 2.05) is 0 Å². The second-order valence-electron chi connectivity index (χ2n) is 6.65. The molecular weight excluding hydrogens is 425 g/mol. The molecule has 1 aliphatic rings. The molecular formula is C18H21Cl2N3O4S. The minimum absolute atomic E-state index is 0.0484. The molecule has 3 rings (SSSR count). The van der Waals surface area contributed by atoms with E-state index in [4.69, 9.17) is 32.7 Å². The van der Waals surface area contributed by atoms with Gasteiger partial charge in [0.05, 0.1) is 29.5 Å². The number of piperidine rings is 1. The van der Waals surface area contributed by atoms with Gasteiger partial charge in [-0.3, -0.25) is 4.79 Å². The van der Waals surface area contributed by atoms with Crippen molar-refractivity contribution in [2.75, 3.05) is 32.2 Å². The summed E-state index contributed by atoms with van der Waals surface area (Å²) in [5.74, 6) is -0.431. The number of aromatic nitrogens is 2. The van der Waals surface area contributed by atoms with E-state index in [0.717, 1.165) is 11.6 Å². The summed E-state index contributed by atoms with van der Waals surface area (Å²) in [7, 11) is 2.98. The van der Waals surface area contributed by atoms with Crippen molar-refractivity contribution in [3.8, 4) is 0 Å². The number of H-pyrrole nitrogens is 1. The molecule has 0 bridgehead atoms. The van der Waals surface area contributed by atoms with E-state index >= 15 is 0 Å². The van der Waals surface area contributed by atoms with Crippen molar-refractivity contribution >= 4 is 51.4 Å². The van der Waals surface area contributed by atoms with Crippen LogP contribution >= 0.6 is 34.5 Å². The van der Waals surface area contributed by atoms with E-state index in [-0.39, 0.29) is 22.8 Å². The summed E-state index contributed by atoms with van der Waals surface area (Å²) in [5, 5.41) is 1.39. The minimum atomic E-state index is -0.399. The van der Waals surface area contributed by atoms with Crippen LogP contribution in [0, 0.1) is 12.8 Å². The monoisotopic (exact) mass is 445 g/mol. The number of aromatic amines is 1. The van der Waals surface area contributed by atoms with Crippen molar-refractivity contribution in [2.45, 2.75) is 25.9 Å².